The molecule has 0 aromatic carbocycles. The van der Waals surface area contributed by atoms with Gasteiger partial charge >= 0.3 is 6.36 Å². The van der Waals surface area contributed by atoms with Crippen molar-refractivity contribution in [2.45, 2.75) is 13.3 Å². The molecule has 0 aliphatic carbocycles. The van der Waals surface area contributed by atoms with E-state index < -0.39 is 23.1 Å². The highest BCUT2D eigenvalue weighted by Crippen LogP contribution is 2.30. The van der Waals surface area contributed by atoms with E-state index in [4.69, 9.17) is 11.6 Å². The van der Waals surface area contributed by atoms with Crippen LogP contribution in [0.5, 0.6) is 5.88 Å². The second kappa shape index (κ2) is 3.61. The number of ether oxygens (including phenoxy) is 1. The van der Waals surface area contributed by atoms with Gasteiger partial charge in [-0.05, 0) is 6.92 Å². The van der Waals surface area contributed by atoms with Crippen molar-refractivity contribution in [3.8, 4) is 5.88 Å². The number of hydrogen-bond donors (Lipinski definition) is 0. The van der Waals surface area contributed by atoms with E-state index >= 15 is 0 Å². The lowest BCUT2D eigenvalue weighted by Gasteiger charge is -2.10. The zero-order valence-corrected chi connectivity index (χ0v) is 7.58. The summed E-state index contributed by atoms with van der Waals surface area (Å²) >= 11 is 5.38. The van der Waals surface area contributed by atoms with Crippen molar-refractivity contribution in [1.82, 2.24) is 4.98 Å². The average Bonchev–Trinajstić information content (AvgIpc) is 2.04. The van der Waals surface area contributed by atoms with E-state index in [0.717, 1.165) is 0 Å². The van der Waals surface area contributed by atoms with E-state index in [1.165, 1.54) is 6.92 Å². The molecule has 0 fully saturated rings. The quantitative estimate of drug-likeness (QED) is 0.691. The Morgan fingerprint density at radius 3 is 2.50 bits per heavy atom. The van der Waals surface area contributed by atoms with Gasteiger partial charge in [-0.3, -0.25) is 0 Å². The van der Waals surface area contributed by atoms with Gasteiger partial charge < -0.3 is 4.74 Å². The molecule has 14 heavy (non-hydrogen) atoms. The smallest absolute Gasteiger partial charge is 0.386 e. The molecule has 0 spiro atoms. The molecule has 1 aromatic rings. The summed E-state index contributed by atoms with van der Waals surface area (Å²) in [6.07, 6.45) is -4.27. The van der Waals surface area contributed by atoms with Gasteiger partial charge in [0.05, 0.1) is 6.20 Å². The van der Waals surface area contributed by atoms with Crippen molar-refractivity contribution < 1.29 is 22.3 Å². The molecular formula is C7H4ClF4NO. The van der Waals surface area contributed by atoms with E-state index in [2.05, 4.69) is 9.72 Å². The van der Waals surface area contributed by atoms with Crippen molar-refractivity contribution in [3.63, 3.8) is 0 Å². The van der Waals surface area contributed by atoms with E-state index in [1.807, 2.05) is 0 Å². The second-order valence-corrected chi connectivity index (χ2v) is 2.78. The second-order valence-electron chi connectivity index (χ2n) is 2.40. The normalized spacial score (nSPS) is 11.6. The predicted octanol–water partition coefficient (Wildman–Crippen LogP) is 3.08. The maximum absolute atomic E-state index is 12.7. The van der Waals surface area contributed by atoms with Crippen LogP contribution in [0, 0.1) is 12.7 Å². The molecule has 0 amide bonds. The minimum absolute atomic E-state index is 0.138. The van der Waals surface area contributed by atoms with Crippen molar-refractivity contribution in [2.24, 2.45) is 0 Å². The summed E-state index contributed by atoms with van der Waals surface area (Å²) in [4.78, 5) is 3.07. The van der Waals surface area contributed by atoms with Crippen LogP contribution in [0.2, 0.25) is 5.02 Å². The highest BCUT2D eigenvalue weighted by Gasteiger charge is 2.33. The maximum Gasteiger partial charge on any atom is 0.574 e. The zero-order valence-electron chi connectivity index (χ0n) is 6.82. The summed E-state index contributed by atoms with van der Waals surface area (Å²) in [5.74, 6) is -1.64. The van der Waals surface area contributed by atoms with Crippen molar-refractivity contribution in [1.29, 1.82) is 0 Å². The molecule has 0 aliphatic rings. The molecule has 1 rings (SSSR count). The molecule has 0 saturated carbocycles. The molecular weight excluding hydrogens is 226 g/mol. The van der Waals surface area contributed by atoms with Gasteiger partial charge in [0, 0.05) is 5.56 Å². The Morgan fingerprint density at radius 1 is 1.43 bits per heavy atom. The Kier molecular flexibility index (Phi) is 2.84. The third-order valence-corrected chi connectivity index (χ3v) is 1.83. The van der Waals surface area contributed by atoms with E-state index in [-0.39, 0.29) is 5.56 Å². The molecule has 0 atom stereocenters. The molecule has 1 heterocycles. The van der Waals surface area contributed by atoms with Gasteiger partial charge in [-0.2, -0.15) is 0 Å². The Morgan fingerprint density at radius 2 is 2.00 bits per heavy atom. The fourth-order valence-electron chi connectivity index (χ4n) is 0.715. The summed E-state index contributed by atoms with van der Waals surface area (Å²) < 4.78 is 51.4. The van der Waals surface area contributed by atoms with Crippen LogP contribution >= 0.6 is 11.6 Å². The van der Waals surface area contributed by atoms with Gasteiger partial charge in [0.25, 0.3) is 0 Å². The number of aromatic nitrogens is 1. The van der Waals surface area contributed by atoms with Crippen molar-refractivity contribution in [3.05, 3.63) is 22.6 Å². The van der Waals surface area contributed by atoms with Gasteiger partial charge in [-0.25, -0.2) is 9.37 Å². The predicted molar refractivity (Wildman–Crippen MR) is 40.6 cm³/mol. The first-order valence-electron chi connectivity index (χ1n) is 3.37. The number of alkyl halides is 3. The largest absolute Gasteiger partial charge is 0.574 e. The Balaban J connectivity index is 3.06. The van der Waals surface area contributed by atoms with Gasteiger partial charge in [-0.15, -0.1) is 13.2 Å². The van der Waals surface area contributed by atoms with Crippen LogP contribution in [0.25, 0.3) is 0 Å². The highest BCUT2D eigenvalue weighted by molar-refractivity contribution is 6.32. The molecule has 2 nitrogen and oxygen atoms in total. The monoisotopic (exact) mass is 229 g/mol. The Hall–Kier alpha value is -1.04. The lowest BCUT2D eigenvalue weighted by molar-refractivity contribution is -0.276. The lowest BCUT2D eigenvalue weighted by atomic mass is 10.3. The Bertz CT molecular complexity index is 352. The molecule has 0 N–H and O–H groups in total. The van der Waals surface area contributed by atoms with Gasteiger partial charge in [0.15, 0.2) is 0 Å². The first-order chi connectivity index (χ1) is 6.31. The first-order valence-corrected chi connectivity index (χ1v) is 3.75. The summed E-state index contributed by atoms with van der Waals surface area (Å²) in [5, 5.41) is -0.484. The van der Waals surface area contributed by atoms with Crippen LogP contribution in [-0.2, 0) is 0 Å². The summed E-state index contributed by atoms with van der Waals surface area (Å²) in [5.41, 5.74) is -0.138. The zero-order chi connectivity index (χ0) is 10.9. The lowest BCUT2D eigenvalue weighted by Crippen LogP contribution is -2.18. The number of halogens is 5. The standard InChI is InChI=1S/C7H4ClF4NO/c1-3-4(9)2-13-6(5(3)8)14-7(10,11)12/h2H,1H3. The van der Waals surface area contributed by atoms with Gasteiger partial charge in [0.1, 0.15) is 10.8 Å². The van der Waals surface area contributed by atoms with E-state index in [9.17, 15) is 17.6 Å². The average molecular weight is 230 g/mol. The minimum atomic E-state index is -4.89. The van der Waals surface area contributed by atoms with Crippen LogP contribution in [0.3, 0.4) is 0 Å². The molecule has 1 aromatic heterocycles. The third-order valence-electron chi connectivity index (χ3n) is 1.38. The highest BCUT2D eigenvalue weighted by atomic mass is 35.5. The van der Waals surface area contributed by atoms with Crippen LogP contribution in [-0.4, -0.2) is 11.3 Å². The first kappa shape index (κ1) is 11.0. The Labute approximate surface area is 81.5 Å². The van der Waals surface area contributed by atoms with Crippen molar-refractivity contribution >= 4 is 11.6 Å². The van der Waals surface area contributed by atoms with Crippen molar-refractivity contribution in [2.75, 3.05) is 0 Å². The number of nitrogens with zero attached hydrogens (tertiary/aromatic N) is 1. The van der Waals surface area contributed by atoms with Crippen LogP contribution < -0.4 is 4.74 Å². The molecule has 0 saturated heterocycles. The molecule has 0 bridgehead atoms. The fourth-order valence-corrected chi connectivity index (χ4v) is 0.892. The number of pyridine rings is 1. The van der Waals surface area contributed by atoms with E-state index in [1.54, 1.807) is 0 Å². The van der Waals surface area contributed by atoms with Crippen LogP contribution in [0.4, 0.5) is 17.6 Å². The molecule has 7 heteroatoms. The summed E-state index contributed by atoms with van der Waals surface area (Å²) in [6, 6.07) is 0. The summed E-state index contributed by atoms with van der Waals surface area (Å²) in [7, 11) is 0. The van der Waals surface area contributed by atoms with Gasteiger partial charge in [-0.1, -0.05) is 11.6 Å². The fraction of sp³-hybridized carbons (Fsp3) is 0.286. The van der Waals surface area contributed by atoms with E-state index in [0.29, 0.717) is 6.20 Å². The summed E-state index contributed by atoms with van der Waals surface area (Å²) in [6.45, 7) is 1.22. The molecule has 0 unspecified atom stereocenters. The van der Waals surface area contributed by atoms with Crippen LogP contribution in [0.15, 0.2) is 6.20 Å². The van der Waals surface area contributed by atoms with Gasteiger partial charge in [0.2, 0.25) is 5.88 Å². The third kappa shape index (κ3) is 2.47. The SMILES string of the molecule is Cc1c(F)cnc(OC(F)(F)F)c1Cl. The maximum atomic E-state index is 12.7. The molecule has 78 valence electrons. The molecule has 0 radical (unpaired) electrons. The topological polar surface area (TPSA) is 22.1 Å². The molecule has 0 aliphatic heterocycles. The minimum Gasteiger partial charge on any atom is -0.386 e. The number of rotatable bonds is 1. The number of hydrogen-bond acceptors (Lipinski definition) is 2. The van der Waals surface area contributed by atoms with Crippen LogP contribution in [0.1, 0.15) is 5.56 Å².